The van der Waals surface area contributed by atoms with E-state index in [9.17, 15) is 9.90 Å². The third-order valence-electron chi connectivity index (χ3n) is 5.07. The molecule has 0 aliphatic carbocycles. The quantitative estimate of drug-likeness (QED) is 0.296. The van der Waals surface area contributed by atoms with Crippen LogP contribution in [0.3, 0.4) is 0 Å². The van der Waals surface area contributed by atoms with Crippen LogP contribution >= 0.6 is 0 Å². The van der Waals surface area contributed by atoms with Crippen LogP contribution in [0, 0.1) is 13.8 Å². The number of phenols is 1. The van der Waals surface area contributed by atoms with Crippen LogP contribution in [0.2, 0.25) is 0 Å². The number of nitrogens with one attached hydrogen (secondary N) is 2. The van der Waals surface area contributed by atoms with Crippen LogP contribution in [0.15, 0.2) is 59.7 Å². The van der Waals surface area contributed by atoms with E-state index in [2.05, 4.69) is 25.8 Å². The first kappa shape index (κ1) is 21.8. The Morgan fingerprint density at radius 1 is 1.21 bits per heavy atom. The normalized spacial score (nSPS) is 11.1. The first-order valence-corrected chi connectivity index (χ1v) is 10.4. The Morgan fingerprint density at radius 2 is 2.00 bits per heavy atom. The number of ether oxygens (including phenoxy) is 1. The fourth-order valence-corrected chi connectivity index (χ4v) is 3.54. The Balaban J connectivity index is 1.50. The highest BCUT2D eigenvalue weighted by atomic mass is 16.5. The van der Waals surface area contributed by atoms with Crippen molar-refractivity contribution in [2.75, 3.05) is 6.61 Å². The lowest BCUT2D eigenvalue weighted by molar-refractivity contribution is 0.0950. The van der Waals surface area contributed by atoms with Gasteiger partial charge in [0.05, 0.1) is 35.6 Å². The second kappa shape index (κ2) is 9.39. The van der Waals surface area contributed by atoms with E-state index in [-0.39, 0.29) is 11.4 Å². The molecule has 0 aliphatic rings. The molecule has 2 heterocycles. The van der Waals surface area contributed by atoms with Crippen molar-refractivity contribution in [3.63, 3.8) is 0 Å². The molecule has 2 aromatic heterocycles. The Hall–Kier alpha value is -4.40. The lowest BCUT2D eigenvalue weighted by atomic mass is 10.1. The van der Waals surface area contributed by atoms with Gasteiger partial charge in [0.25, 0.3) is 5.91 Å². The van der Waals surface area contributed by atoms with Gasteiger partial charge in [-0.3, -0.25) is 9.89 Å². The SMILES string of the molecule is CCOc1cccc(C=NNC(=O)c2cc(-c3c(C)nn(-c4ccccc4)c3C)n[nH]2)c1O. The number of H-pyrrole nitrogens is 1. The molecule has 0 atom stereocenters. The van der Waals surface area contributed by atoms with Crippen molar-refractivity contribution in [1.29, 1.82) is 0 Å². The molecule has 0 spiro atoms. The van der Waals surface area contributed by atoms with E-state index in [0.29, 0.717) is 23.6 Å². The van der Waals surface area contributed by atoms with Crippen LogP contribution in [0.1, 0.15) is 34.4 Å². The van der Waals surface area contributed by atoms with Gasteiger partial charge in [-0.1, -0.05) is 24.3 Å². The van der Waals surface area contributed by atoms with Crippen molar-refractivity contribution in [2.24, 2.45) is 5.10 Å². The van der Waals surface area contributed by atoms with E-state index >= 15 is 0 Å². The summed E-state index contributed by atoms with van der Waals surface area (Å²) >= 11 is 0. The fraction of sp³-hybridized carbons (Fsp3) is 0.167. The first-order valence-electron chi connectivity index (χ1n) is 10.4. The number of nitrogens with zero attached hydrogens (tertiary/aromatic N) is 4. The van der Waals surface area contributed by atoms with Gasteiger partial charge in [-0.15, -0.1) is 0 Å². The predicted octanol–water partition coefficient (Wildman–Crippen LogP) is 3.75. The number of aromatic nitrogens is 4. The highest BCUT2D eigenvalue weighted by molar-refractivity contribution is 5.94. The van der Waals surface area contributed by atoms with Gasteiger partial charge in [-0.2, -0.15) is 15.3 Å². The zero-order chi connectivity index (χ0) is 23.4. The molecule has 3 N–H and O–H groups in total. The average Bonchev–Trinajstić information content (AvgIpc) is 3.41. The minimum atomic E-state index is -0.462. The summed E-state index contributed by atoms with van der Waals surface area (Å²) in [7, 11) is 0. The number of para-hydroxylation sites is 2. The second-order valence-electron chi connectivity index (χ2n) is 7.29. The number of benzene rings is 2. The summed E-state index contributed by atoms with van der Waals surface area (Å²) in [6, 6.07) is 16.5. The van der Waals surface area contributed by atoms with Crippen LogP contribution in [-0.2, 0) is 0 Å². The third-order valence-corrected chi connectivity index (χ3v) is 5.07. The maximum atomic E-state index is 12.5. The van der Waals surface area contributed by atoms with E-state index in [4.69, 9.17) is 4.74 Å². The predicted molar refractivity (Wildman–Crippen MR) is 125 cm³/mol. The zero-order valence-electron chi connectivity index (χ0n) is 18.5. The molecule has 0 saturated heterocycles. The van der Waals surface area contributed by atoms with Gasteiger partial charge in [0, 0.05) is 11.1 Å². The minimum Gasteiger partial charge on any atom is -0.504 e. The van der Waals surface area contributed by atoms with Crippen LogP contribution < -0.4 is 10.2 Å². The van der Waals surface area contributed by atoms with Gasteiger partial charge in [-0.25, -0.2) is 10.1 Å². The highest BCUT2D eigenvalue weighted by Crippen LogP contribution is 2.29. The minimum absolute atomic E-state index is 0.0393. The van der Waals surface area contributed by atoms with Crippen molar-refractivity contribution in [1.82, 2.24) is 25.4 Å². The number of rotatable bonds is 7. The molecule has 2 aromatic carbocycles. The maximum absolute atomic E-state index is 12.5. The summed E-state index contributed by atoms with van der Waals surface area (Å²) in [6.45, 7) is 6.12. The number of carbonyl (C=O) groups is 1. The molecule has 0 aliphatic heterocycles. The standard InChI is InChI=1S/C24H24N6O3/c1-4-33-21-12-8-9-17(23(21)31)14-25-28-24(32)20-13-19(26-27-20)22-15(2)29-30(16(22)3)18-10-6-5-7-11-18/h5-14,31H,4H2,1-3H3,(H,26,27)(H,28,32). The van der Waals surface area contributed by atoms with Crippen LogP contribution in [0.4, 0.5) is 0 Å². The topological polar surface area (TPSA) is 117 Å². The second-order valence-corrected chi connectivity index (χ2v) is 7.29. The number of hydrazone groups is 1. The largest absolute Gasteiger partial charge is 0.504 e. The molecule has 0 fully saturated rings. The van der Waals surface area contributed by atoms with Crippen molar-refractivity contribution in [2.45, 2.75) is 20.8 Å². The number of hydrogen-bond donors (Lipinski definition) is 3. The van der Waals surface area contributed by atoms with Crippen molar-refractivity contribution in [3.8, 4) is 28.4 Å². The Morgan fingerprint density at radius 3 is 2.76 bits per heavy atom. The summed E-state index contributed by atoms with van der Waals surface area (Å²) < 4.78 is 7.20. The summed E-state index contributed by atoms with van der Waals surface area (Å²) in [5, 5.41) is 25.8. The number of carbonyl (C=O) groups excluding carboxylic acids is 1. The molecule has 0 radical (unpaired) electrons. The lowest BCUT2D eigenvalue weighted by Gasteiger charge is -2.07. The van der Waals surface area contributed by atoms with Gasteiger partial charge in [0.1, 0.15) is 5.69 Å². The molecule has 4 rings (SSSR count). The number of hydrogen-bond acceptors (Lipinski definition) is 6. The summed E-state index contributed by atoms with van der Waals surface area (Å²) in [4.78, 5) is 12.5. The smallest absolute Gasteiger partial charge is 0.289 e. The molecule has 0 bridgehead atoms. The summed E-state index contributed by atoms with van der Waals surface area (Å²) in [5.74, 6) is -0.147. The number of aryl methyl sites for hydroxylation is 1. The molecular weight excluding hydrogens is 420 g/mol. The van der Waals surface area contributed by atoms with Gasteiger partial charge < -0.3 is 9.84 Å². The average molecular weight is 444 g/mol. The van der Waals surface area contributed by atoms with E-state index in [0.717, 1.165) is 22.6 Å². The molecule has 0 saturated carbocycles. The lowest BCUT2D eigenvalue weighted by Crippen LogP contribution is -2.18. The van der Waals surface area contributed by atoms with Crippen molar-refractivity contribution >= 4 is 12.1 Å². The molecule has 0 unspecified atom stereocenters. The first-order chi connectivity index (χ1) is 16.0. The zero-order valence-corrected chi connectivity index (χ0v) is 18.5. The maximum Gasteiger partial charge on any atom is 0.289 e. The van der Waals surface area contributed by atoms with E-state index in [1.807, 2.05) is 55.8 Å². The Bertz CT molecular complexity index is 1310. The van der Waals surface area contributed by atoms with Crippen LogP contribution in [0.25, 0.3) is 16.9 Å². The van der Waals surface area contributed by atoms with Gasteiger partial charge in [0.2, 0.25) is 0 Å². The number of amides is 1. The summed E-state index contributed by atoms with van der Waals surface area (Å²) in [5.41, 5.74) is 7.25. The molecular formula is C24H24N6O3. The number of aromatic hydroxyl groups is 1. The Labute approximate surface area is 190 Å². The Kier molecular flexibility index (Phi) is 6.21. The van der Waals surface area contributed by atoms with Gasteiger partial charge in [-0.05, 0) is 51.1 Å². The van der Waals surface area contributed by atoms with Crippen LogP contribution in [0.5, 0.6) is 11.5 Å². The molecule has 1 amide bonds. The van der Waals surface area contributed by atoms with Crippen LogP contribution in [-0.4, -0.2) is 43.8 Å². The van der Waals surface area contributed by atoms with Crippen molar-refractivity contribution < 1.29 is 14.6 Å². The van der Waals surface area contributed by atoms with E-state index in [1.165, 1.54) is 6.21 Å². The molecule has 4 aromatic rings. The molecule has 9 heteroatoms. The molecule has 33 heavy (non-hydrogen) atoms. The fourth-order valence-electron chi connectivity index (χ4n) is 3.54. The number of phenolic OH excluding ortho intramolecular Hbond substituents is 1. The van der Waals surface area contributed by atoms with Crippen molar-refractivity contribution in [3.05, 3.63) is 77.2 Å². The van der Waals surface area contributed by atoms with Gasteiger partial charge in [0.15, 0.2) is 11.5 Å². The monoisotopic (exact) mass is 444 g/mol. The summed E-state index contributed by atoms with van der Waals surface area (Å²) in [6.07, 6.45) is 1.35. The van der Waals surface area contributed by atoms with E-state index in [1.54, 1.807) is 24.3 Å². The van der Waals surface area contributed by atoms with E-state index < -0.39 is 5.91 Å². The van der Waals surface area contributed by atoms with Gasteiger partial charge >= 0.3 is 0 Å². The molecule has 9 nitrogen and oxygen atoms in total. The molecule has 168 valence electrons. The number of aromatic amines is 1. The third kappa shape index (κ3) is 4.47. The highest BCUT2D eigenvalue weighted by Gasteiger charge is 2.19.